The average Bonchev–Trinajstić information content (AvgIpc) is 3.49. The minimum atomic E-state index is -0.885. The maximum Gasteiger partial charge on any atom is 0.301 e. The van der Waals surface area contributed by atoms with Crippen molar-refractivity contribution >= 4 is 44.1 Å². The summed E-state index contributed by atoms with van der Waals surface area (Å²) in [7, 11) is 0. The van der Waals surface area contributed by atoms with Crippen molar-refractivity contribution in [2.45, 2.75) is 39.2 Å². The van der Waals surface area contributed by atoms with Crippen LogP contribution in [0.1, 0.15) is 50.4 Å². The molecule has 0 radical (unpaired) electrons. The number of nitrogens with zero attached hydrogens (tertiary/aromatic N) is 2. The van der Waals surface area contributed by atoms with E-state index in [1.54, 1.807) is 18.2 Å². The molecule has 0 spiro atoms. The Hall–Kier alpha value is -4.37. The van der Waals surface area contributed by atoms with Crippen LogP contribution in [-0.2, 0) is 15.0 Å². The van der Waals surface area contributed by atoms with Crippen molar-refractivity contribution < 1.29 is 28.9 Å². The molecule has 3 aromatic carbocycles. The number of anilines is 1. The second kappa shape index (κ2) is 10.2. The van der Waals surface area contributed by atoms with Gasteiger partial charge >= 0.3 is 5.91 Å². The molecule has 3 heterocycles. The van der Waals surface area contributed by atoms with Crippen LogP contribution in [0.4, 0.5) is 5.13 Å². The van der Waals surface area contributed by atoms with E-state index >= 15 is 0 Å². The molecule has 0 aliphatic carbocycles. The summed E-state index contributed by atoms with van der Waals surface area (Å²) in [6.45, 7) is 9.60. The Labute approximate surface area is 241 Å². The molecule has 210 valence electrons. The number of ketones is 1. The number of carbonyl (C=O) groups is 2. The van der Waals surface area contributed by atoms with Crippen molar-refractivity contribution in [1.29, 1.82) is 0 Å². The highest BCUT2D eigenvalue weighted by molar-refractivity contribution is 7.22. The molecular weight excluding hydrogens is 540 g/mol. The zero-order valence-electron chi connectivity index (χ0n) is 23.3. The monoisotopic (exact) mass is 570 g/mol. The molecule has 1 aromatic heterocycles. The Morgan fingerprint density at radius 1 is 1.02 bits per heavy atom. The highest BCUT2D eigenvalue weighted by Crippen LogP contribution is 2.45. The van der Waals surface area contributed by atoms with Gasteiger partial charge in [-0.1, -0.05) is 56.4 Å². The van der Waals surface area contributed by atoms with Crippen LogP contribution in [0.5, 0.6) is 17.2 Å². The molecule has 1 saturated heterocycles. The average molecular weight is 571 g/mol. The maximum absolute atomic E-state index is 13.7. The fourth-order valence-corrected chi connectivity index (χ4v) is 6.13. The van der Waals surface area contributed by atoms with Crippen LogP contribution in [0.15, 0.2) is 66.2 Å². The van der Waals surface area contributed by atoms with E-state index in [2.05, 4.69) is 20.8 Å². The zero-order valence-corrected chi connectivity index (χ0v) is 24.1. The standard InChI is InChI=1S/C32H30N2O6S/c1-5-38-21-11-12-22-25(17-21)41-31(33-22)34-27(18-6-9-20(10-7-18)32(2,3)4)26(29(36)30(34)37)28(35)19-8-13-23-24(16-19)40-15-14-39-23/h6-13,16-17,27,35H,5,14-15H2,1-4H3/b28-26+/t27-/m1/s1. The van der Waals surface area contributed by atoms with Gasteiger partial charge in [0, 0.05) is 5.56 Å². The quantitative estimate of drug-likeness (QED) is 0.169. The third kappa shape index (κ3) is 4.80. The summed E-state index contributed by atoms with van der Waals surface area (Å²) < 4.78 is 17.8. The molecule has 0 unspecified atom stereocenters. The number of Topliss-reactive ketones (excluding diaryl/α,β-unsaturated/α-hetero) is 1. The summed E-state index contributed by atoms with van der Waals surface area (Å²) in [5.41, 5.74) is 2.73. The first-order valence-electron chi connectivity index (χ1n) is 13.5. The molecular formula is C32H30N2O6S. The van der Waals surface area contributed by atoms with Gasteiger partial charge in [-0.15, -0.1) is 0 Å². The number of rotatable bonds is 5. The predicted molar refractivity (Wildman–Crippen MR) is 158 cm³/mol. The third-order valence-electron chi connectivity index (χ3n) is 7.22. The molecule has 8 nitrogen and oxygen atoms in total. The lowest BCUT2D eigenvalue weighted by atomic mass is 9.85. The summed E-state index contributed by atoms with van der Waals surface area (Å²) in [5, 5.41) is 11.9. The number of aliphatic hydroxyl groups excluding tert-OH is 1. The van der Waals surface area contributed by atoms with Crippen LogP contribution < -0.4 is 19.1 Å². The number of aromatic nitrogens is 1. The van der Waals surface area contributed by atoms with E-state index in [0.29, 0.717) is 58.8 Å². The molecule has 6 rings (SSSR count). The van der Waals surface area contributed by atoms with Crippen molar-refractivity contribution in [2.75, 3.05) is 24.7 Å². The van der Waals surface area contributed by atoms with Gasteiger partial charge in [-0.3, -0.25) is 14.5 Å². The number of hydrogen-bond acceptors (Lipinski definition) is 8. The van der Waals surface area contributed by atoms with Crippen LogP contribution in [0.3, 0.4) is 0 Å². The van der Waals surface area contributed by atoms with E-state index in [1.165, 1.54) is 16.2 Å². The van der Waals surface area contributed by atoms with Crippen molar-refractivity contribution in [3.63, 3.8) is 0 Å². The van der Waals surface area contributed by atoms with Crippen LogP contribution in [-0.4, -0.2) is 41.6 Å². The second-order valence-corrected chi connectivity index (χ2v) is 12.0. The van der Waals surface area contributed by atoms with Crippen LogP contribution in [0, 0.1) is 0 Å². The lowest BCUT2D eigenvalue weighted by Crippen LogP contribution is -2.29. The lowest BCUT2D eigenvalue weighted by molar-refractivity contribution is -0.132. The largest absolute Gasteiger partial charge is 0.507 e. The summed E-state index contributed by atoms with van der Waals surface area (Å²) in [6, 6.07) is 17.4. The number of aliphatic hydroxyl groups is 1. The van der Waals surface area contributed by atoms with Crippen molar-refractivity contribution in [2.24, 2.45) is 0 Å². The van der Waals surface area contributed by atoms with Crippen molar-refractivity contribution in [1.82, 2.24) is 4.98 Å². The highest BCUT2D eigenvalue weighted by atomic mass is 32.1. The van der Waals surface area contributed by atoms with E-state index in [4.69, 9.17) is 19.2 Å². The zero-order chi connectivity index (χ0) is 28.9. The van der Waals surface area contributed by atoms with E-state index in [1.807, 2.05) is 49.4 Å². The van der Waals surface area contributed by atoms with Gasteiger partial charge in [-0.25, -0.2) is 4.98 Å². The summed E-state index contributed by atoms with van der Waals surface area (Å²) in [5.74, 6) is -0.0902. The second-order valence-electron chi connectivity index (χ2n) is 11.0. The summed E-state index contributed by atoms with van der Waals surface area (Å²) in [6.07, 6.45) is 0. The molecule has 4 aromatic rings. The van der Waals surface area contributed by atoms with Gasteiger partial charge in [0.05, 0.1) is 28.4 Å². The molecule has 1 N–H and O–H groups in total. The fraction of sp³-hybridized carbons (Fsp3) is 0.281. The first kappa shape index (κ1) is 26.8. The fourth-order valence-electron chi connectivity index (χ4n) is 5.11. The number of benzene rings is 3. The molecule has 0 saturated carbocycles. The Morgan fingerprint density at radius 3 is 2.46 bits per heavy atom. The first-order chi connectivity index (χ1) is 19.7. The topological polar surface area (TPSA) is 98.2 Å². The van der Waals surface area contributed by atoms with Gasteiger partial charge < -0.3 is 19.3 Å². The van der Waals surface area contributed by atoms with Gasteiger partial charge in [0.15, 0.2) is 16.6 Å². The number of amides is 1. The molecule has 0 bridgehead atoms. The number of thiazole rings is 1. The number of carbonyl (C=O) groups excluding carboxylic acids is 2. The molecule has 2 aliphatic rings. The van der Waals surface area contributed by atoms with E-state index in [9.17, 15) is 14.7 Å². The molecule has 1 amide bonds. The summed E-state index contributed by atoms with van der Waals surface area (Å²) >= 11 is 1.30. The van der Waals surface area contributed by atoms with Gasteiger partial charge in [0.25, 0.3) is 5.78 Å². The van der Waals surface area contributed by atoms with Gasteiger partial charge in [-0.2, -0.15) is 0 Å². The normalized spacial score (nSPS) is 18.2. The smallest absolute Gasteiger partial charge is 0.301 e. The number of ether oxygens (including phenoxy) is 3. The number of hydrogen-bond donors (Lipinski definition) is 1. The molecule has 1 fully saturated rings. The Bertz CT molecular complexity index is 1700. The predicted octanol–water partition coefficient (Wildman–Crippen LogP) is 6.39. The van der Waals surface area contributed by atoms with E-state index < -0.39 is 17.7 Å². The van der Waals surface area contributed by atoms with E-state index in [-0.39, 0.29) is 16.7 Å². The Morgan fingerprint density at radius 2 is 1.76 bits per heavy atom. The highest BCUT2D eigenvalue weighted by Gasteiger charge is 2.48. The van der Waals surface area contributed by atoms with E-state index in [0.717, 1.165) is 10.3 Å². The maximum atomic E-state index is 13.7. The van der Waals surface area contributed by atoms with Gasteiger partial charge in [-0.05, 0) is 59.9 Å². The summed E-state index contributed by atoms with van der Waals surface area (Å²) in [4.78, 5) is 33.4. The molecule has 41 heavy (non-hydrogen) atoms. The van der Waals surface area contributed by atoms with Gasteiger partial charge in [0.2, 0.25) is 0 Å². The lowest BCUT2D eigenvalue weighted by Gasteiger charge is -2.25. The SMILES string of the molecule is CCOc1ccc2nc(N3C(=O)C(=O)/C(=C(/O)c4ccc5c(c4)OCCO5)[C@H]3c3ccc(C(C)(C)C)cc3)sc2c1. The van der Waals surface area contributed by atoms with Crippen LogP contribution >= 0.6 is 11.3 Å². The molecule has 2 aliphatic heterocycles. The third-order valence-corrected chi connectivity index (χ3v) is 8.24. The Kier molecular flexibility index (Phi) is 6.69. The Balaban J connectivity index is 1.51. The minimum absolute atomic E-state index is 0.00977. The van der Waals surface area contributed by atoms with Gasteiger partial charge in [0.1, 0.15) is 24.7 Å². The number of fused-ring (bicyclic) bond motifs is 2. The molecule has 9 heteroatoms. The van der Waals surface area contributed by atoms with Crippen molar-refractivity contribution in [3.8, 4) is 17.2 Å². The van der Waals surface area contributed by atoms with Crippen molar-refractivity contribution in [3.05, 3.63) is 82.9 Å². The first-order valence-corrected chi connectivity index (χ1v) is 14.3. The van der Waals surface area contributed by atoms with Crippen LogP contribution in [0.2, 0.25) is 0 Å². The molecule has 1 atom stereocenters. The van der Waals surface area contributed by atoms with Crippen LogP contribution in [0.25, 0.3) is 16.0 Å². The minimum Gasteiger partial charge on any atom is -0.507 e.